The van der Waals surface area contributed by atoms with E-state index in [1.54, 1.807) is 31.6 Å². The molecule has 2 aromatic rings. The number of Topliss-reactive ketones (excluding diaryl/α,β-unsaturated/α-hetero) is 1. The number of nitrogens with zero attached hydrogens (tertiary/aromatic N) is 1. The van der Waals surface area contributed by atoms with E-state index in [1.165, 1.54) is 0 Å². The van der Waals surface area contributed by atoms with Gasteiger partial charge >= 0.3 is 0 Å². The Morgan fingerprint density at radius 1 is 1.14 bits per heavy atom. The van der Waals surface area contributed by atoms with E-state index in [2.05, 4.69) is 0 Å². The van der Waals surface area contributed by atoms with Crippen LogP contribution in [0.4, 0.5) is 5.69 Å². The Balaban J connectivity index is 2.23. The fraction of sp³-hybridized carbons (Fsp3) is 0.267. The van der Waals surface area contributed by atoms with Crippen molar-refractivity contribution in [2.45, 2.75) is 26.3 Å². The summed E-state index contributed by atoms with van der Waals surface area (Å²) in [6.45, 7) is 5.90. The van der Waals surface area contributed by atoms with Crippen LogP contribution in [0.1, 0.15) is 34.6 Å². The van der Waals surface area contributed by atoms with Crippen molar-refractivity contribution in [2.75, 3.05) is 4.90 Å². The molecule has 0 fully saturated rings. The maximum atomic E-state index is 12.5. The standard InChI is InChI=1S/C15H11NO2S3/c1-6-4-7-9-12(20-21-14(9)19)15(2,3)16-10(7)8(5-6)11(17)13(16)18/h4-5H,1-3H3. The summed E-state index contributed by atoms with van der Waals surface area (Å²) in [5.74, 6) is -0.843. The molecule has 0 atom stereocenters. The van der Waals surface area contributed by atoms with E-state index in [1.807, 2.05) is 26.8 Å². The highest BCUT2D eigenvalue weighted by Crippen LogP contribution is 2.55. The van der Waals surface area contributed by atoms with Gasteiger partial charge in [-0.3, -0.25) is 14.5 Å². The van der Waals surface area contributed by atoms with Crippen molar-refractivity contribution in [1.29, 1.82) is 0 Å². The number of hydrogen-bond acceptors (Lipinski definition) is 5. The summed E-state index contributed by atoms with van der Waals surface area (Å²) in [6.07, 6.45) is 0. The summed E-state index contributed by atoms with van der Waals surface area (Å²) in [4.78, 5) is 27.5. The third-order valence-corrected chi connectivity index (χ3v) is 7.47. The number of aryl methyl sites for hydroxylation is 1. The van der Waals surface area contributed by atoms with E-state index < -0.39 is 17.2 Å². The molecule has 0 saturated carbocycles. The molecule has 1 aromatic heterocycles. The lowest BCUT2D eigenvalue weighted by atomic mass is 9.87. The van der Waals surface area contributed by atoms with Gasteiger partial charge in [0.25, 0.3) is 11.7 Å². The Kier molecular flexibility index (Phi) is 2.46. The molecule has 6 heteroatoms. The van der Waals surface area contributed by atoms with Gasteiger partial charge in [-0.1, -0.05) is 32.9 Å². The van der Waals surface area contributed by atoms with Gasteiger partial charge in [-0.05, 0) is 38.5 Å². The van der Waals surface area contributed by atoms with Crippen LogP contribution in [0.2, 0.25) is 0 Å². The summed E-state index contributed by atoms with van der Waals surface area (Å²) in [6, 6.07) is 3.83. The molecule has 3 nitrogen and oxygen atoms in total. The van der Waals surface area contributed by atoms with E-state index in [0.717, 1.165) is 31.1 Å². The molecular formula is C15H11NO2S3. The summed E-state index contributed by atoms with van der Waals surface area (Å²) in [7, 11) is 3.17. The second-order valence-electron chi connectivity index (χ2n) is 5.90. The monoisotopic (exact) mass is 333 g/mol. The van der Waals surface area contributed by atoms with Crippen molar-refractivity contribution in [3.05, 3.63) is 32.0 Å². The normalized spacial score (nSPS) is 18.0. The van der Waals surface area contributed by atoms with Crippen LogP contribution in [0.5, 0.6) is 0 Å². The van der Waals surface area contributed by atoms with Crippen molar-refractivity contribution in [3.8, 4) is 11.1 Å². The van der Waals surface area contributed by atoms with E-state index in [4.69, 9.17) is 12.2 Å². The molecule has 0 bridgehead atoms. The smallest absolute Gasteiger partial charge is 0.294 e. The first-order chi connectivity index (χ1) is 9.84. The summed E-state index contributed by atoms with van der Waals surface area (Å²) < 4.78 is 0.835. The number of carbonyl (C=O) groups excluding carboxylic acids is 2. The number of amides is 1. The van der Waals surface area contributed by atoms with Gasteiger partial charge in [-0.2, -0.15) is 0 Å². The number of carbonyl (C=O) groups is 2. The lowest BCUT2D eigenvalue weighted by Crippen LogP contribution is -2.46. The molecule has 0 spiro atoms. The van der Waals surface area contributed by atoms with Gasteiger partial charge in [-0.15, -0.1) is 0 Å². The first-order valence-electron chi connectivity index (χ1n) is 6.51. The minimum absolute atomic E-state index is 0.409. The number of hydrogen-bond donors (Lipinski definition) is 0. The summed E-state index contributed by atoms with van der Waals surface area (Å²) >= 11 is 5.50. The molecule has 0 aliphatic carbocycles. The van der Waals surface area contributed by atoms with Crippen LogP contribution in [0.15, 0.2) is 12.1 Å². The van der Waals surface area contributed by atoms with E-state index in [-0.39, 0.29) is 0 Å². The molecule has 106 valence electrons. The third-order valence-electron chi connectivity index (χ3n) is 4.14. The largest absolute Gasteiger partial charge is 0.300 e. The predicted molar refractivity (Wildman–Crippen MR) is 88.0 cm³/mol. The van der Waals surface area contributed by atoms with Crippen LogP contribution in [-0.4, -0.2) is 11.7 Å². The minimum atomic E-state index is -0.534. The average Bonchev–Trinajstić information content (AvgIpc) is 2.91. The zero-order valence-corrected chi connectivity index (χ0v) is 14.1. The van der Waals surface area contributed by atoms with E-state index >= 15 is 0 Å². The number of ketones is 1. The van der Waals surface area contributed by atoms with Crippen LogP contribution < -0.4 is 4.90 Å². The van der Waals surface area contributed by atoms with Crippen molar-refractivity contribution in [2.24, 2.45) is 0 Å². The van der Waals surface area contributed by atoms with Gasteiger partial charge in [-0.25, -0.2) is 0 Å². The Morgan fingerprint density at radius 2 is 1.81 bits per heavy atom. The van der Waals surface area contributed by atoms with Crippen LogP contribution in [0.25, 0.3) is 11.1 Å². The van der Waals surface area contributed by atoms with Crippen molar-refractivity contribution in [1.82, 2.24) is 0 Å². The molecule has 1 amide bonds. The molecule has 0 N–H and O–H groups in total. The quantitative estimate of drug-likeness (QED) is 0.410. The Hall–Kier alpha value is -1.37. The summed E-state index contributed by atoms with van der Waals surface area (Å²) in [5.41, 5.74) is 3.66. The van der Waals surface area contributed by atoms with Gasteiger partial charge in [0.2, 0.25) is 0 Å². The Bertz CT molecular complexity index is 904. The van der Waals surface area contributed by atoms with Crippen molar-refractivity contribution >= 4 is 50.3 Å². The Labute approximate surface area is 134 Å². The molecule has 3 heterocycles. The highest BCUT2D eigenvalue weighted by Gasteiger charge is 2.50. The fourth-order valence-electron chi connectivity index (χ4n) is 3.23. The molecule has 0 unspecified atom stereocenters. The van der Waals surface area contributed by atoms with Crippen LogP contribution in [-0.2, 0) is 10.3 Å². The molecule has 4 rings (SSSR count). The Morgan fingerprint density at radius 3 is 2.52 bits per heavy atom. The van der Waals surface area contributed by atoms with Gasteiger partial charge < -0.3 is 0 Å². The first-order valence-corrected chi connectivity index (χ1v) is 9.07. The highest BCUT2D eigenvalue weighted by molar-refractivity contribution is 7.80. The molecule has 1 aromatic carbocycles. The second-order valence-corrected chi connectivity index (χ2v) is 8.71. The second kappa shape index (κ2) is 3.88. The fourth-order valence-corrected chi connectivity index (χ4v) is 6.51. The number of fused-ring (bicyclic) bond motifs is 2. The average molecular weight is 333 g/mol. The maximum Gasteiger partial charge on any atom is 0.300 e. The molecular weight excluding hydrogens is 322 g/mol. The first kappa shape index (κ1) is 13.3. The molecule has 0 radical (unpaired) electrons. The predicted octanol–water partition coefficient (Wildman–Crippen LogP) is 4.29. The highest BCUT2D eigenvalue weighted by atomic mass is 32.9. The van der Waals surface area contributed by atoms with Gasteiger partial charge in [0.1, 0.15) is 3.82 Å². The molecule has 0 saturated heterocycles. The van der Waals surface area contributed by atoms with Crippen LogP contribution >= 0.6 is 32.9 Å². The van der Waals surface area contributed by atoms with E-state index in [0.29, 0.717) is 5.56 Å². The molecule has 2 aliphatic rings. The zero-order chi connectivity index (χ0) is 15.1. The lowest BCUT2D eigenvalue weighted by molar-refractivity contribution is -0.115. The maximum absolute atomic E-state index is 12.5. The SMILES string of the molecule is Cc1cc2c3c(c1)-c1c(ssc1=S)C(C)(C)N3C(=O)C2=O. The zero-order valence-electron chi connectivity index (χ0n) is 11.6. The number of anilines is 1. The van der Waals surface area contributed by atoms with Gasteiger partial charge in [0.15, 0.2) is 0 Å². The van der Waals surface area contributed by atoms with Crippen LogP contribution in [0, 0.1) is 10.7 Å². The van der Waals surface area contributed by atoms with Crippen molar-refractivity contribution < 1.29 is 9.59 Å². The number of rotatable bonds is 0. The van der Waals surface area contributed by atoms with Crippen LogP contribution in [0.3, 0.4) is 0 Å². The van der Waals surface area contributed by atoms with Crippen molar-refractivity contribution in [3.63, 3.8) is 0 Å². The number of benzene rings is 1. The topological polar surface area (TPSA) is 37.4 Å². The van der Waals surface area contributed by atoms with Gasteiger partial charge in [0.05, 0.1) is 21.7 Å². The third kappa shape index (κ3) is 1.45. The lowest BCUT2D eigenvalue weighted by Gasteiger charge is -2.39. The summed E-state index contributed by atoms with van der Waals surface area (Å²) in [5, 5.41) is 0. The minimum Gasteiger partial charge on any atom is -0.294 e. The molecule has 2 aliphatic heterocycles. The van der Waals surface area contributed by atoms with Gasteiger partial charge in [0, 0.05) is 11.1 Å². The molecule has 21 heavy (non-hydrogen) atoms. The van der Waals surface area contributed by atoms with E-state index in [9.17, 15) is 9.59 Å².